The average Bonchev–Trinajstić information content (AvgIpc) is 2.48. The van der Waals surface area contributed by atoms with E-state index < -0.39 is 0 Å². The number of halogens is 1. The average molecular weight is 253 g/mol. The van der Waals surface area contributed by atoms with Crippen LogP contribution in [-0.4, -0.2) is 0 Å². The lowest BCUT2D eigenvalue weighted by atomic mass is 10.2. The van der Waals surface area contributed by atoms with Gasteiger partial charge in [-0.2, -0.15) is 5.26 Å². The Morgan fingerprint density at radius 1 is 1.46 bits per heavy atom. The fraction of sp³-hybridized carbons (Fsp3) is 0. The Labute approximate surface area is 87.7 Å². The third kappa shape index (κ3) is 1.30. The van der Waals surface area contributed by atoms with Crippen LogP contribution >= 0.6 is 27.3 Å². The molecule has 0 bridgehead atoms. The summed E-state index contributed by atoms with van der Waals surface area (Å²) in [7, 11) is 0. The number of hydrogen-bond acceptors (Lipinski definition) is 3. The second kappa shape index (κ2) is 3.02. The predicted octanol–water partition coefficient (Wildman–Crippen LogP) is 3.12. The van der Waals surface area contributed by atoms with E-state index in [4.69, 9.17) is 11.0 Å². The van der Waals surface area contributed by atoms with Gasteiger partial charge in [0.1, 0.15) is 0 Å². The molecule has 2 aromatic rings. The number of thiophene rings is 1. The number of nitrogen functional groups attached to an aromatic ring is 1. The minimum atomic E-state index is 0.654. The molecule has 0 fully saturated rings. The van der Waals surface area contributed by atoms with Crippen LogP contribution in [0.2, 0.25) is 0 Å². The van der Waals surface area contributed by atoms with Gasteiger partial charge in [0.2, 0.25) is 0 Å². The molecule has 0 aliphatic rings. The number of hydrogen-bond donors (Lipinski definition) is 1. The second-order valence-electron chi connectivity index (χ2n) is 2.63. The van der Waals surface area contributed by atoms with Crippen LogP contribution in [0.3, 0.4) is 0 Å². The Morgan fingerprint density at radius 2 is 2.23 bits per heavy atom. The molecule has 64 valence electrons. The summed E-state index contributed by atoms with van der Waals surface area (Å²) in [5, 5.41) is 11.6. The maximum Gasteiger partial charge on any atom is 0.0992 e. The molecule has 0 unspecified atom stereocenters. The number of benzene rings is 1. The van der Waals surface area contributed by atoms with Crippen LogP contribution in [-0.2, 0) is 0 Å². The smallest absolute Gasteiger partial charge is 0.0992 e. The zero-order valence-corrected chi connectivity index (χ0v) is 8.95. The molecule has 1 aromatic heterocycles. The van der Waals surface area contributed by atoms with E-state index in [-0.39, 0.29) is 0 Å². The molecule has 0 saturated carbocycles. The highest BCUT2D eigenvalue weighted by molar-refractivity contribution is 9.10. The maximum atomic E-state index is 8.73. The number of anilines is 1. The van der Waals surface area contributed by atoms with Gasteiger partial charge in [0.05, 0.1) is 17.3 Å². The van der Waals surface area contributed by atoms with Gasteiger partial charge >= 0.3 is 0 Å². The molecule has 0 saturated heterocycles. The molecule has 0 amide bonds. The van der Waals surface area contributed by atoms with Crippen LogP contribution in [0.15, 0.2) is 22.0 Å². The van der Waals surface area contributed by atoms with E-state index in [1.165, 1.54) is 0 Å². The van der Waals surface area contributed by atoms with Gasteiger partial charge in [0, 0.05) is 19.9 Å². The van der Waals surface area contributed by atoms with Crippen molar-refractivity contribution in [3.8, 4) is 6.07 Å². The van der Waals surface area contributed by atoms with Crippen LogP contribution in [0.1, 0.15) is 5.56 Å². The summed E-state index contributed by atoms with van der Waals surface area (Å²) in [6.07, 6.45) is 0. The van der Waals surface area contributed by atoms with Crippen LogP contribution in [0, 0.1) is 11.3 Å². The molecule has 2 rings (SSSR count). The summed E-state index contributed by atoms with van der Waals surface area (Å²) in [5.74, 6) is 0. The lowest BCUT2D eigenvalue weighted by Gasteiger charge is -1.96. The normalized spacial score (nSPS) is 10.2. The standard InChI is InChI=1S/C9H5BrN2S/c10-6-1-5(3-11)2-8-9(6)7(12)4-13-8/h1-2,4H,12H2. The van der Waals surface area contributed by atoms with Crippen molar-refractivity contribution in [2.45, 2.75) is 0 Å². The predicted molar refractivity (Wildman–Crippen MR) is 58.7 cm³/mol. The van der Waals surface area contributed by atoms with Crippen molar-refractivity contribution in [1.82, 2.24) is 0 Å². The molecule has 4 heteroatoms. The molecule has 1 aromatic carbocycles. The van der Waals surface area contributed by atoms with Crippen molar-refractivity contribution in [3.63, 3.8) is 0 Å². The van der Waals surface area contributed by atoms with Crippen molar-refractivity contribution in [1.29, 1.82) is 5.26 Å². The summed E-state index contributed by atoms with van der Waals surface area (Å²) < 4.78 is 1.93. The van der Waals surface area contributed by atoms with E-state index in [0.717, 1.165) is 20.2 Å². The SMILES string of the molecule is N#Cc1cc(Br)c2c(N)csc2c1. The van der Waals surface area contributed by atoms with Gasteiger partial charge in [-0.25, -0.2) is 0 Å². The third-order valence-corrected chi connectivity index (χ3v) is 3.36. The first kappa shape index (κ1) is 8.54. The van der Waals surface area contributed by atoms with E-state index in [0.29, 0.717) is 5.56 Å². The number of rotatable bonds is 0. The molecule has 0 atom stereocenters. The molecule has 0 spiro atoms. The van der Waals surface area contributed by atoms with E-state index >= 15 is 0 Å². The van der Waals surface area contributed by atoms with Crippen molar-refractivity contribution in [2.75, 3.05) is 5.73 Å². The van der Waals surface area contributed by atoms with Crippen LogP contribution in [0.4, 0.5) is 5.69 Å². The van der Waals surface area contributed by atoms with Crippen molar-refractivity contribution in [2.24, 2.45) is 0 Å². The van der Waals surface area contributed by atoms with Gasteiger partial charge in [0.15, 0.2) is 0 Å². The van der Waals surface area contributed by atoms with Crippen LogP contribution in [0.5, 0.6) is 0 Å². The van der Waals surface area contributed by atoms with E-state index in [9.17, 15) is 0 Å². The zero-order valence-electron chi connectivity index (χ0n) is 6.54. The van der Waals surface area contributed by atoms with E-state index in [1.807, 2.05) is 11.4 Å². The van der Waals surface area contributed by atoms with Gasteiger partial charge in [-0.15, -0.1) is 11.3 Å². The molecule has 0 radical (unpaired) electrons. The van der Waals surface area contributed by atoms with E-state index in [2.05, 4.69) is 22.0 Å². The molecule has 13 heavy (non-hydrogen) atoms. The Hall–Kier alpha value is -1.05. The Balaban J connectivity index is 2.89. The zero-order chi connectivity index (χ0) is 9.42. The minimum Gasteiger partial charge on any atom is -0.398 e. The maximum absolute atomic E-state index is 8.73. The van der Waals surface area contributed by atoms with Crippen LogP contribution in [0.25, 0.3) is 10.1 Å². The van der Waals surface area contributed by atoms with Crippen molar-refractivity contribution >= 4 is 43.0 Å². The highest BCUT2D eigenvalue weighted by Gasteiger charge is 2.06. The summed E-state index contributed by atoms with van der Waals surface area (Å²) in [6, 6.07) is 5.74. The van der Waals surface area contributed by atoms with E-state index in [1.54, 1.807) is 17.4 Å². The Morgan fingerprint density at radius 3 is 2.92 bits per heavy atom. The molecule has 1 heterocycles. The van der Waals surface area contributed by atoms with Gasteiger partial charge < -0.3 is 5.73 Å². The number of nitrogens with zero attached hydrogens (tertiary/aromatic N) is 1. The minimum absolute atomic E-state index is 0.654. The van der Waals surface area contributed by atoms with Crippen LogP contribution < -0.4 is 5.73 Å². The lowest BCUT2D eigenvalue weighted by molar-refractivity contribution is 1.49. The summed E-state index contributed by atoms with van der Waals surface area (Å²) in [5.41, 5.74) is 7.18. The lowest BCUT2D eigenvalue weighted by Crippen LogP contribution is -1.82. The summed E-state index contributed by atoms with van der Waals surface area (Å²) in [6.45, 7) is 0. The molecule has 2 nitrogen and oxygen atoms in total. The first-order chi connectivity index (χ1) is 6.22. The summed E-state index contributed by atoms with van der Waals surface area (Å²) >= 11 is 4.95. The monoisotopic (exact) mass is 252 g/mol. The topological polar surface area (TPSA) is 49.8 Å². The van der Waals surface area contributed by atoms with Gasteiger partial charge in [-0.1, -0.05) is 15.9 Å². The quantitative estimate of drug-likeness (QED) is 0.784. The molecular weight excluding hydrogens is 248 g/mol. The van der Waals surface area contributed by atoms with Crippen molar-refractivity contribution in [3.05, 3.63) is 27.5 Å². The van der Waals surface area contributed by atoms with Gasteiger partial charge in [-0.3, -0.25) is 0 Å². The number of fused-ring (bicyclic) bond motifs is 1. The molecule has 0 aliphatic carbocycles. The fourth-order valence-electron chi connectivity index (χ4n) is 1.20. The van der Waals surface area contributed by atoms with Crippen molar-refractivity contribution < 1.29 is 0 Å². The molecule has 0 aliphatic heterocycles. The Bertz CT molecular complexity index is 510. The molecular formula is C9H5BrN2S. The number of nitrogens with two attached hydrogens (primary N) is 1. The Kier molecular flexibility index (Phi) is 1.98. The first-order valence-electron chi connectivity index (χ1n) is 3.58. The fourth-order valence-corrected chi connectivity index (χ4v) is 2.94. The highest BCUT2D eigenvalue weighted by Crippen LogP contribution is 2.34. The largest absolute Gasteiger partial charge is 0.398 e. The highest BCUT2D eigenvalue weighted by atomic mass is 79.9. The number of nitriles is 1. The summed E-state index contributed by atoms with van der Waals surface area (Å²) in [4.78, 5) is 0. The van der Waals surface area contributed by atoms with Gasteiger partial charge in [0.25, 0.3) is 0 Å². The molecule has 2 N–H and O–H groups in total. The second-order valence-corrected chi connectivity index (χ2v) is 4.40. The first-order valence-corrected chi connectivity index (χ1v) is 5.26. The van der Waals surface area contributed by atoms with Gasteiger partial charge in [-0.05, 0) is 12.1 Å². The third-order valence-electron chi connectivity index (χ3n) is 1.78.